The summed E-state index contributed by atoms with van der Waals surface area (Å²) in [6.07, 6.45) is 0.833. The summed E-state index contributed by atoms with van der Waals surface area (Å²) >= 11 is 0. The summed E-state index contributed by atoms with van der Waals surface area (Å²) in [5.41, 5.74) is 6.90. The third-order valence-electron chi connectivity index (χ3n) is 2.09. The zero-order valence-electron chi connectivity index (χ0n) is 9.61. The Balaban J connectivity index is 0.000000184. The molecule has 0 radical (unpaired) electrons. The van der Waals surface area contributed by atoms with Crippen molar-refractivity contribution in [3.05, 3.63) is 65.7 Å². The second-order valence-electron chi connectivity index (χ2n) is 3.46. The van der Waals surface area contributed by atoms with Gasteiger partial charge in [-0.25, -0.2) is 4.79 Å². The van der Waals surface area contributed by atoms with E-state index in [0.29, 0.717) is 5.69 Å². The van der Waals surface area contributed by atoms with E-state index in [2.05, 4.69) is 0 Å². The van der Waals surface area contributed by atoms with Crippen LogP contribution >= 0.6 is 0 Å². The first-order chi connectivity index (χ1) is 8.63. The predicted octanol–water partition coefficient (Wildman–Crippen LogP) is 2.47. The van der Waals surface area contributed by atoms with Crippen LogP contribution < -0.4 is 5.73 Å². The highest BCUT2D eigenvalue weighted by molar-refractivity contribution is 5.87. The molecule has 0 amide bonds. The Labute approximate surface area is 105 Å². The first-order valence-electron chi connectivity index (χ1n) is 5.22. The van der Waals surface area contributed by atoms with Crippen LogP contribution in [0.15, 0.2) is 54.6 Å². The van der Waals surface area contributed by atoms with Crippen molar-refractivity contribution in [1.29, 1.82) is 0 Å². The zero-order valence-corrected chi connectivity index (χ0v) is 9.61. The van der Waals surface area contributed by atoms with Crippen LogP contribution in [0.1, 0.15) is 20.7 Å². The topological polar surface area (TPSA) is 80.4 Å². The van der Waals surface area contributed by atoms with Crippen molar-refractivity contribution in [3.8, 4) is 0 Å². The minimum absolute atomic E-state index is 0.259. The lowest BCUT2D eigenvalue weighted by molar-refractivity contribution is 0.0696. The van der Waals surface area contributed by atoms with Crippen LogP contribution in [0.3, 0.4) is 0 Å². The Hall–Kier alpha value is -2.62. The third-order valence-corrected chi connectivity index (χ3v) is 2.09. The number of carbonyl (C=O) groups excluding carboxylic acids is 1. The molecule has 0 aliphatic rings. The van der Waals surface area contributed by atoms with Gasteiger partial charge in [-0.05, 0) is 24.3 Å². The van der Waals surface area contributed by atoms with Crippen molar-refractivity contribution < 1.29 is 14.7 Å². The molecule has 0 spiro atoms. The first-order valence-corrected chi connectivity index (χ1v) is 5.22. The van der Waals surface area contributed by atoms with Gasteiger partial charge in [-0.3, -0.25) is 4.79 Å². The molecule has 92 valence electrons. The van der Waals surface area contributed by atoms with Gasteiger partial charge in [0.25, 0.3) is 0 Å². The molecule has 3 N–H and O–H groups in total. The number of nitrogen functional groups attached to an aromatic ring is 1. The lowest BCUT2D eigenvalue weighted by Crippen LogP contribution is -1.95. The summed E-state index contributed by atoms with van der Waals surface area (Å²) in [7, 11) is 0. The molecule has 2 aromatic carbocycles. The minimum Gasteiger partial charge on any atom is -0.478 e. The molecule has 0 saturated heterocycles. The molecular formula is C14H13NO3. The molecule has 4 nitrogen and oxygen atoms in total. The number of nitrogens with two attached hydrogens (primary N) is 1. The van der Waals surface area contributed by atoms with Crippen LogP contribution in [0.4, 0.5) is 5.69 Å². The minimum atomic E-state index is -0.931. The number of carboxylic acid groups (broad SMARTS) is 1. The first kappa shape index (κ1) is 13.4. The fourth-order valence-corrected chi connectivity index (χ4v) is 1.16. The van der Waals surface area contributed by atoms with E-state index in [-0.39, 0.29) is 5.56 Å². The monoisotopic (exact) mass is 243 g/mol. The number of aromatic carboxylic acids is 1. The maximum absolute atomic E-state index is 10.3. The Bertz CT molecular complexity index is 506. The van der Waals surface area contributed by atoms with Crippen molar-refractivity contribution >= 4 is 17.9 Å². The van der Waals surface area contributed by atoms with Gasteiger partial charge in [0, 0.05) is 11.3 Å². The third kappa shape index (κ3) is 4.49. The van der Waals surface area contributed by atoms with Crippen LogP contribution in [0.25, 0.3) is 0 Å². The lowest BCUT2D eigenvalue weighted by atomic mass is 10.2. The summed E-state index contributed by atoms with van der Waals surface area (Å²) in [6, 6.07) is 15.2. The van der Waals surface area contributed by atoms with E-state index in [9.17, 15) is 9.59 Å². The van der Waals surface area contributed by atoms with E-state index in [4.69, 9.17) is 10.8 Å². The van der Waals surface area contributed by atoms with Crippen LogP contribution in [-0.2, 0) is 0 Å². The van der Waals surface area contributed by atoms with E-state index in [1.54, 1.807) is 24.3 Å². The maximum atomic E-state index is 10.3. The van der Waals surface area contributed by atoms with Crippen LogP contribution in [-0.4, -0.2) is 17.4 Å². The second kappa shape index (κ2) is 6.85. The predicted molar refractivity (Wildman–Crippen MR) is 69.6 cm³/mol. The molecule has 0 aromatic heterocycles. The maximum Gasteiger partial charge on any atom is 0.335 e. The van der Waals surface area contributed by atoms with Gasteiger partial charge < -0.3 is 10.8 Å². The van der Waals surface area contributed by atoms with Gasteiger partial charge in [0.1, 0.15) is 6.29 Å². The van der Waals surface area contributed by atoms with Gasteiger partial charge in [0.05, 0.1) is 5.56 Å². The van der Waals surface area contributed by atoms with Crippen molar-refractivity contribution in [3.63, 3.8) is 0 Å². The Morgan fingerprint density at radius 2 is 1.56 bits per heavy atom. The normalized spacial score (nSPS) is 8.89. The lowest BCUT2D eigenvalue weighted by Gasteiger charge is -1.93. The zero-order chi connectivity index (χ0) is 13.4. The van der Waals surface area contributed by atoms with Gasteiger partial charge in [-0.1, -0.05) is 30.3 Å². The van der Waals surface area contributed by atoms with Crippen molar-refractivity contribution in [2.24, 2.45) is 0 Å². The molecule has 0 heterocycles. The quantitative estimate of drug-likeness (QED) is 0.627. The van der Waals surface area contributed by atoms with Crippen molar-refractivity contribution in [2.75, 3.05) is 5.73 Å². The number of anilines is 1. The summed E-state index contributed by atoms with van der Waals surface area (Å²) in [6.45, 7) is 0. The van der Waals surface area contributed by atoms with E-state index in [1.165, 1.54) is 12.1 Å². The number of carboxylic acids is 1. The summed E-state index contributed by atoms with van der Waals surface area (Å²) < 4.78 is 0. The fourth-order valence-electron chi connectivity index (χ4n) is 1.16. The highest BCUT2D eigenvalue weighted by atomic mass is 16.4. The molecule has 0 unspecified atom stereocenters. The number of hydrogen-bond donors (Lipinski definition) is 2. The largest absolute Gasteiger partial charge is 0.478 e. The summed E-state index contributed by atoms with van der Waals surface area (Å²) in [4.78, 5) is 20.3. The van der Waals surface area contributed by atoms with Gasteiger partial charge in [0.2, 0.25) is 0 Å². The van der Waals surface area contributed by atoms with Gasteiger partial charge in [-0.2, -0.15) is 0 Å². The number of rotatable bonds is 2. The van der Waals surface area contributed by atoms with E-state index in [1.807, 2.05) is 18.2 Å². The molecule has 0 atom stereocenters. The van der Waals surface area contributed by atoms with Gasteiger partial charge in [-0.15, -0.1) is 0 Å². The molecule has 18 heavy (non-hydrogen) atoms. The molecule has 0 aliphatic heterocycles. The Kier molecular flexibility index (Phi) is 5.12. The Morgan fingerprint density at radius 1 is 1.00 bits per heavy atom. The fraction of sp³-hybridized carbons (Fsp3) is 0. The number of aldehydes is 1. The smallest absolute Gasteiger partial charge is 0.335 e. The standard InChI is InChI=1S/C7H7NO2.C7H6O/c8-6-3-1-5(2-4-6)7(9)10;8-6-7-4-2-1-3-5-7/h1-4H,8H2,(H,9,10);1-6H. The molecule has 2 rings (SSSR count). The molecule has 2 aromatic rings. The second-order valence-corrected chi connectivity index (χ2v) is 3.46. The van der Waals surface area contributed by atoms with Crippen molar-refractivity contribution in [1.82, 2.24) is 0 Å². The van der Waals surface area contributed by atoms with Crippen LogP contribution in [0.5, 0.6) is 0 Å². The SMILES string of the molecule is Nc1ccc(C(=O)O)cc1.O=Cc1ccccc1. The number of hydrogen-bond acceptors (Lipinski definition) is 3. The van der Waals surface area contributed by atoms with Gasteiger partial charge >= 0.3 is 5.97 Å². The highest BCUT2D eigenvalue weighted by Crippen LogP contribution is 2.04. The molecular weight excluding hydrogens is 230 g/mol. The molecule has 0 aliphatic carbocycles. The highest BCUT2D eigenvalue weighted by Gasteiger charge is 1.98. The molecule has 0 saturated carbocycles. The van der Waals surface area contributed by atoms with Crippen molar-refractivity contribution in [2.45, 2.75) is 0 Å². The summed E-state index contributed by atoms with van der Waals surface area (Å²) in [5, 5.41) is 8.43. The Morgan fingerprint density at radius 3 is 1.94 bits per heavy atom. The van der Waals surface area contributed by atoms with Gasteiger partial charge in [0.15, 0.2) is 0 Å². The molecule has 0 fully saturated rings. The van der Waals surface area contributed by atoms with Crippen LogP contribution in [0, 0.1) is 0 Å². The van der Waals surface area contributed by atoms with Crippen LogP contribution in [0.2, 0.25) is 0 Å². The van der Waals surface area contributed by atoms with E-state index >= 15 is 0 Å². The average Bonchev–Trinajstić information content (AvgIpc) is 2.41. The number of carbonyl (C=O) groups is 2. The molecule has 0 bridgehead atoms. The van der Waals surface area contributed by atoms with E-state index < -0.39 is 5.97 Å². The van der Waals surface area contributed by atoms with E-state index in [0.717, 1.165) is 11.8 Å². The summed E-state index contributed by atoms with van der Waals surface area (Å²) in [5.74, 6) is -0.931. The average molecular weight is 243 g/mol. The number of benzene rings is 2. The molecule has 4 heteroatoms.